The largest absolute Gasteiger partial charge is 0.383 e. The number of nitrogens with one attached hydrogen (secondary N) is 1. The van der Waals surface area contributed by atoms with Gasteiger partial charge in [-0.15, -0.1) is 0 Å². The van der Waals surface area contributed by atoms with Crippen molar-refractivity contribution in [3.05, 3.63) is 80.0 Å². The van der Waals surface area contributed by atoms with Crippen molar-refractivity contribution in [1.29, 1.82) is 0 Å². The Hall–Kier alpha value is -3.26. The van der Waals surface area contributed by atoms with Gasteiger partial charge >= 0.3 is 0 Å². The van der Waals surface area contributed by atoms with Crippen molar-refractivity contribution in [3.63, 3.8) is 0 Å². The van der Waals surface area contributed by atoms with Gasteiger partial charge in [-0.1, -0.05) is 18.2 Å². The van der Waals surface area contributed by atoms with Gasteiger partial charge in [0.05, 0.1) is 21.5 Å². The Morgan fingerprint density at radius 2 is 1.74 bits per heavy atom. The molecule has 23 heavy (non-hydrogen) atoms. The zero-order valence-corrected chi connectivity index (χ0v) is 11.7. The van der Waals surface area contributed by atoms with Gasteiger partial charge in [-0.05, 0) is 12.1 Å². The van der Waals surface area contributed by atoms with Crippen molar-refractivity contribution < 1.29 is 15.0 Å². The second-order valence-corrected chi connectivity index (χ2v) is 4.95. The summed E-state index contributed by atoms with van der Waals surface area (Å²) >= 11 is 0. The molecule has 3 rings (SSSR count). The van der Waals surface area contributed by atoms with Crippen LogP contribution in [0, 0.1) is 20.2 Å². The summed E-state index contributed by atoms with van der Waals surface area (Å²) in [6, 6.07) is 10.4. The fraction of sp³-hybridized carbons (Fsp3) is 0.0667. The lowest BCUT2D eigenvalue weighted by Gasteiger charge is -2.10. The normalized spacial score (nSPS) is 12.2. The molecule has 0 saturated carbocycles. The zero-order valence-electron chi connectivity index (χ0n) is 11.7. The number of aliphatic hydroxyl groups excluding tert-OH is 1. The van der Waals surface area contributed by atoms with Gasteiger partial charge in [0.2, 0.25) is 0 Å². The van der Waals surface area contributed by atoms with E-state index in [-0.39, 0.29) is 5.56 Å². The molecule has 0 amide bonds. The van der Waals surface area contributed by atoms with E-state index in [2.05, 4.69) is 4.98 Å². The predicted molar refractivity (Wildman–Crippen MR) is 82.1 cm³/mol. The van der Waals surface area contributed by atoms with Crippen LogP contribution < -0.4 is 0 Å². The Morgan fingerprint density at radius 1 is 1.00 bits per heavy atom. The summed E-state index contributed by atoms with van der Waals surface area (Å²) in [6.07, 6.45) is 0.299. The van der Waals surface area contributed by atoms with E-state index in [0.717, 1.165) is 23.0 Å². The molecular weight excluding hydrogens is 302 g/mol. The van der Waals surface area contributed by atoms with Crippen LogP contribution in [0.3, 0.4) is 0 Å². The molecule has 8 heteroatoms. The van der Waals surface area contributed by atoms with Crippen LogP contribution >= 0.6 is 0 Å². The molecule has 1 atom stereocenters. The number of aliphatic hydroxyl groups is 1. The maximum atomic E-state index is 11.2. The number of nitro groups is 2. The predicted octanol–water partition coefficient (Wildman–Crippen LogP) is 3.07. The number of hydrogen-bond acceptors (Lipinski definition) is 5. The summed E-state index contributed by atoms with van der Waals surface area (Å²) in [5.74, 6) is 0. The molecular formula is C15H11N3O5. The van der Waals surface area contributed by atoms with Crippen molar-refractivity contribution in [3.8, 4) is 0 Å². The molecule has 0 aliphatic heterocycles. The lowest BCUT2D eigenvalue weighted by Crippen LogP contribution is -2.04. The van der Waals surface area contributed by atoms with Crippen LogP contribution in [-0.4, -0.2) is 19.9 Å². The maximum Gasteiger partial charge on any atom is 0.282 e. The van der Waals surface area contributed by atoms with Crippen LogP contribution in [0.15, 0.2) is 48.7 Å². The number of H-pyrrole nitrogens is 1. The van der Waals surface area contributed by atoms with Crippen molar-refractivity contribution in [1.82, 2.24) is 4.98 Å². The monoisotopic (exact) mass is 313 g/mol. The molecule has 1 heterocycles. The summed E-state index contributed by atoms with van der Waals surface area (Å²) in [4.78, 5) is 23.5. The number of hydrogen-bond donors (Lipinski definition) is 2. The summed E-state index contributed by atoms with van der Waals surface area (Å²) in [6.45, 7) is 0. The smallest absolute Gasteiger partial charge is 0.282 e. The van der Waals surface area contributed by atoms with Crippen molar-refractivity contribution in [2.24, 2.45) is 0 Å². The van der Waals surface area contributed by atoms with Crippen LogP contribution in [0.4, 0.5) is 11.4 Å². The first-order valence-electron chi connectivity index (χ1n) is 6.66. The summed E-state index contributed by atoms with van der Waals surface area (Å²) in [7, 11) is 0. The van der Waals surface area contributed by atoms with E-state index < -0.39 is 27.3 Å². The third-order valence-electron chi connectivity index (χ3n) is 3.63. The Kier molecular flexibility index (Phi) is 3.51. The van der Waals surface area contributed by atoms with Gasteiger partial charge in [-0.3, -0.25) is 20.2 Å². The van der Waals surface area contributed by atoms with E-state index in [9.17, 15) is 25.3 Å². The molecule has 116 valence electrons. The molecule has 0 radical (unpaired) electrons. The Balaban J connectivity index is 2.13. The Labute approximate surface area is 129 Å². The topological polar surface area (TPSA) is 122 Å². The van der Waals surface area contributed by atoms with E-state index in [1.54, 1.807) is 18.3 Å². The minimum atomic E-state index is -1.27. The number of aromatic amines is 1. The molecule has 1 aromatic heterocycles. The molecule has 3 aromatic rings. The third-order valence-corrected chi connectivity index (χ3v) is 3.63. The number of rotatable bonds is 4. The molecule has 0 aliphatic carbocycles. The first-order valence-corrected chi connectivity index (χ1v) is 6.66. The fourth-order valence-electron chi connectivity index (χ4n) is 2.52. The highest BCUT2D eigenvalue weighted by molar-refractivity contribution is 5.84. The minimum Gasteiger partial charge on any atom is -0.383 e. The Morgan fingerprint density at radius 3 is 2.43 bits per heavy atom. The molecule has 0 spiro atoms. The second-order valence-electron chi connectivity index (χ2n) is 4.95. The van der Waals surface area contributed by atoms with Crippen LogP contribution in [-0.2, 0) is 0 Å². The zero-order chi connectivity index (χ0) is 16.6. The van der Waals surface area contributed by atoms with Gasteiger partial charge in [-0.2, -0.15) is 0 Å². The van der Waals surface area contributed by atoms with E-state index in [1.165, 1.54) is 6.07 Å². The summed E-state index contributed by atoms with van der Waals surface area (Å²) in [5, 5.41) is 33.2. The maximum absolute atomic E-state index is 11.2. The van der Waals surface area contributed by atoms with E-state index in [0.29, 0.717) is 5.56 Å². The van der Waals surface area contributed by atoms with Crippen LogP contribution in [0.2, 0.25) is 0 Å². The standard InChI is InChI=1S/C15H11N3O5/c19-15(12-8-16-13-4-2-1-3-10(12)13)11-6-5-9(17(20)21)7-14(11)18(22)23/h1-8,15-16,19H. The average molecular weight is 313 g/mol. The molecule has 2 aromatic carbocycles. The highest BCUT2D eigenvalue weighted by atomic mass is 16.6. The van der Waals surface area contributed by atoms with Gasteiger partial charge in [0.25, 0.3) is 11.4 Å². The van der Waals surface area contributed by atoms with Crippen molar-refractivity contribution in [2.45, 2.75) is 6.10 Å². The molecule has 2 N–H and O–H groups in total. The first kappa shape index (κ1) is 14.7. The highest BCUT2D eigenvalue weighted by Gasteiger charge is 2.26. The number of fused-ring (bicyclic) bond motifs is 1. The molecule has 0 bridgehead atoms. The minimum absolute atomic E-state index is 0.00496. The van der Waals surface area contributed by atoms with Gasteiger partial charge in [0, 0.05) is 28.7 Å². The second kappa shape index (κ2) is 5.50. The lowest BCUT2D eigenvalue weighted by atomic mass is 9.99. The first-order chi connectivity index (χ1) is 11.0. The van der Waals surface area contributed by atoms with Gasteiger partial charge in [0.15, 0.2) is 0 Å². The van der Waals surface area contributed by atoms with Crippen LogP contribution in [0.5, 0.6) is 0 Å². The van der Waals surface area contributed by atoms with Crippen LogP contribution in [0.25, 0.3) is 10.9 Å². The SMILES string of the molecule is O=[N+]([O-])c1ccc(C(O)c2c[nH]c3ccccc23)c([N+](=O)[O-])c1. The van der Waals surface area contributed by atoms with Gasteiger partial charge < -0.3 is 10.1 Å². The number of non-ortho nitro benzene ring substituents is 1. The molecule has 0 saturated heterocycles. The third kappa shape index (κ3) is 2.51. The number of para-hydroxylation sites is 1. The van der Waals surface area contributed by atoms with Crippen molar-refractivity contribution in [2.75, 3.05) is 0 Å². The number of nitrogens with zero attached hydrogens (tertiary/aromatic N) is 2. The lowest BCUT2D eigenvalue weighted by molar-refractivity contribution is -0.394. The fourth-order valence-corrected chi connectivity index (χ4v) is 2.52. The summed E-state index contributed by atoms with van der Waals surface area (Å²) in [5.41, 5.74) is 0.373. The number of benzene rings is 2. The van der Waals surface area contributed by atoms with E-state index >= 15 is 0 Å². The quantitative estimate of drug-likeness (QED) is 0.566. The van der Waals surface area contributed by atoms with Gasteiger partial charge in [0.1, 0.15) is 6.10 Å². The molecule has 0 aliphatic rings. The number of aromatic nitrogens is 1. The number of nitro benzene ring substituents is 2. The van der Waals surface area contributed by atoms with Crippen molar-refractivity contribution >= 4 is 22.3 Å². The molecule has 8 nitrogen and oxygen atoms in total. The summed E-state index contributed by atoms with van der Waals surface area (Å²) < 4.78 is 0. The highest BCUT2D eigenvalue weighted by Crippen LogP contribution is 2.35. The van der Waals surface area contributed by atoms with Gasteiger partial charge in [-0.25, -0.2) is 0 Å². The van der Waals surface area contributed by atoms with Crippen LogP contribution in [0.1, 0.15) is 17.2 Å². The Bertz CT molecular complexity index is 918. The van der Waals surface area contributed by atoms with E-state index in [4.69, 9.17) is 0 Å². The van der Waals surface area contributed by atoms with E-state index in [1.807, 2.05) is 12.1 Å². The average Bonchev–Trinajstić information content (AvgIpc) is 2.97. The molecule has 1 unspecified atom stereocenters. The molecule has 0 fully saturated rings.